The van der Waals surface area contributed by atoms with Gasteiger partial charge in [0.15, 0.2) is 22.2 Å². The lowest BCUT2D eigenvalue weighted by atomic mass is 10.1. The molecule has 9 nitrogen and oxygen atoms in total. The number of aryl methyl sites for hydroxylation is 3. The van der Waals surface area contributed by atoms with Crippen LogP contribution in [0.15, 0.2) is 58.5 Å². The minimum atomic E-state index is -0.209. The van der Waals surface area contributed by atoms with Crippen LogP contribution in [0.3, 0.4) is 0 Å². The Labute approximate surface area is 206 Å². The lowest BCUT2D eigenvalue weighted by Gasteiger charge is -2.13. The van der Waals surface area contributed by atoms with Gasteiger partial charge in [-0.05, 0) is 38.0 Å². The molecular weight excluding hydrogens is 466 g/mol. The molecule has 0 unspecified atom stereocenters. The second-order valence-corrected chi connectivity index (χ2v) is 9.03. The van der Waals surface area contributed by atoms with E-state index >= 15 is 0 Å². The zero-order valence-electron chi connectivity index (χ0n) is 19.5. The Balaban J connectivity index is 1.39. The van der Waals surface area contributed by atoms with Gasteiger partial charge in [-0.1, -0.05) is 42.1 Å². The van der Waals surface area contributed by atoms with Gasteiger partial charge in [0.1, 0.15) is 5.52 Å². The minimum Gasteiger partial charge on any atom is -0.454 e. The summed E-state index contributed by atoms with van der Waals surface area (Å²) in [5.41, 5.74) is 3.35. The summed E-state index contributed by atoms with van der Waals surface area (Å²) in [6, 6.07) is 15.2. The molecule has 2 aromatic heterocycles. The summed E-state index contributed by atoms with van der Waals surface area (Å²) >= 11 is 1.24. The third kappa shape index (κ3) is 4.74. The number of carbonyl (C=O) groups excluding carboxylic acids is 1. The number of nitrogens with one attached hydrogen (secondary N) is 1. The highest BCUT2D eigenvalue weighted by atomic mass is 32.2. The summed E-state index contributed by atoms with van der Waals surface area (Å²) in [5.74, 6) is 1.14. The summed E-state index contributed by atoms with van der Waals surface area (Å²) in [4.78, 5) is 31.0. The Kier molecular flexibility index (Phi) is 6.45. The molecule has 35 heavy (non-hydrogen) atoms. The Morgan fingerprint density at radius 1 is 1.14 bits per heavy atom. The number of carbonyl (C=O) groups is 1. The number of nitrogens with zero attached hydrogens (tertiary/aromatic N) is 4. The molecule has 180 valence electrons. The van der Waals surface area contributed by atoms with Crippen LogP contribution in [0.1, 0.15) is 18.2 Å². The van der Waals surface area contributed by atoms with E-state index in [1.165, 1.54) is 11.8 Å². The normalized spacial score (nSPS) is 12.3. The molecule has 0 fully saturated rings. The van der Waals surface area contributed by atoms with Gasteiger partial charge in [0.2, 0.25) is 12.7 Å². The van der Waals surface area contributed by atoms with Crippen molar-refractivity contribution in [2.45, 2.75) is 38.5 Å². The third-order valence-electron chi connectivity index (χ3n) is 5.74. The number of benzene rings is 2. The van der Waals surface area contributed by atoms with E-state index in [2.05, 4.69) is 10.4 Å². The SMILES string of the molecule is CCn1nc(C)c2nc(SCC(=O)Nc3ccc4c(c3)OCO4)n(CCc3ccccc3)c(=O)c21. The van der Waals surface area contributed by atoms with Crippen molar-refractivity contribution in [3.63, 3.8) is 0 Å². The van der Waals surface area contributed by atoms with E-state index in [1.54, 1.807) is 27.4 Å². The summed E-state index contributed by atoms with van der Waals surface area (Å²) in [7, 11) is 0. The van der Waals surface area contributed by atoms with Crippen LogP contribution in [0.4, 0.5) is 5.69 Å². The molecule has 0 bridgehead atoms. The lowest BCUT2D eigenvalue weighted by Crippen LogP contribution is -2.26. The minimum absolute atomic E-state index is 0.0959. The number of thioether (sulfide) groups is 1. The van der Waals surface area contributed by atoms with Gasteiger partial charge in [-0.2, -0.15) is 5.10 Å². The largest absolute Gasteiger partial charge is 0.454 e. The van der Waals surface area contributed by atoms with Gasteiger partial charge < -0.3 is 14.8 Å². The van der Waals surface area contributed by atoms with Crippen LogP contribution in [0.5, 0.6) is 11.5 Å². The van der Waals surface area contributed by atoms with E-state index in [4.69, 9.17) is 14.5 Å². The molecule has 0 aliphatic carbocycles. The number of ether oxygens (including phenoxy) is 2. The molecule has 3 heterocycles. The van der Waals surface area contributed by atoms with E-state index < -0.39 is 0 Å². The molecule has 4 aromatic rings. The zero-order valence-corrected chi connectivity index (χ0v) is 20.3. The topological polar surface area (TPSA) is 100 Å². The highest BCUT2D eigenvalue weighted by Gasteiger charge is 2.19. The van der Waals surface area contributed by atoms with Crippen LogP contribution >= 0.6 is 11.8 Å². The second-order valence-electron chi connectivity index (χ2n) is 8.09. The van der Waals surface area contributed by atoms with Gasteiger partial charge in [-0.15, -0.1) is 0 Å². The molecule has 0 saturated carbocycles. The molecule has 0 radical (unpaired) electrons. The molecule has 1 N–H and O–H groups in total. The molecule has 0 saturated heterocycles. The molecule has 1 aliphatic rings. The smallest absolute Gasteiger partial charge is 0.280 e. The fraction of sp³-hybridized carbons (Fsp3) is 0.280. The van der Waals surface area contributed by atoms with Gasteiger partial charge in [0.05, 0.1) is 11.4 Å². The van der Waals surface area contributed by atoms with E-state index in [-0.39, 0.29) is 24.0 Å². The predicted octanol–water partition coefficient (Wildman–Crippen LogP) is 3.62. The van der Waals surface area contributed by atoms with Crippen molar-refractivity contribution in [1.29, 1.82) is 0 Å². The zero-order chi connectivity index (χ0) is 24.4. The summed E-state index contributed by atoms with van der Waals surface area (Å²) in [5, 5.41) is 7.85. The summed E-state index contributed by atoms with van der Waals surface area (Å²) in [6.45, 7) is 4.99. The quantitative estimate of drug-likeness (QED) is 0.297. The van der Waals surface area contributed by atoms with Crippen molar-refractivity contribution in [3.8, 4) is 11.5 Å². The van der Waals surface area contributed by atoms with Gasteiger partial charge in [0, 0.05) is 24.8 Å². The molecule has 1 aliphatic heterocycles. The lowest BCUT2D eigenvalue weighted by molar-refractivity contribution is -0.113. The first-order valence-electron chi connectivity index (χ1n) is 11.4. The van der Waals surface area contributed by atoms with Gasteiger partial charge in [0.25, 0.3) is 5.56 Å². The van der Waals surface area contributed by atoms with Crippen LogP contribution < -0.4 is 20.3 Å². The monoisotopic (exact) mass is 491 g/mol. The Hall–Kier alpha value is -3.79. The van der Waals surface area contributed by atoms with Gasteiger partial charge in [-0.25, -0.2) is 4.98 Å². The van der Waals surface area contributed by atoms with Crippen molar-refractivity contribution in [2.75, 3.05) is 17.9 Å². The number of fused-ring (bicyclic) bond motifs is 2. The maximum atomic E-state index is 13.5. The fourth-order valence-electron chi connectivity index (χ4n) is 4.01. The number of hydrogen-bond acceptors (Lipinski definition) is 7. The van der Waals surface area contributed by atoms with Crippen LogP contribution in [0, 0.1) is 6.92 Å². The maximum Gasteiger partial charge on any atom is 0.280 e. The van der Waals surface area contributed by atoms with E-state index in [0.717, 1.165) is 5.56 Å². The number of aromatic nitrogens is 4. The predicted molar refractivity (Wildman–Crippen MR) is 134 cm³/mol. The van der Waals surface area contributed by atoms with Crippen molar-refractivity contribution in [2.24, 2.45) is 0 Å². The first kappa shape index (κ1) is 23.0. The molecule has 10 heteroatoms. The standard InChI is InChI=1S/C25H25N5O4S/c1-3-30-23-22(16(2)28-30)27-25(29(24(23)32)12-11-17-7-5-4-6-8-17)35-14-21(31)26-18-9-10-19-20(13-18)34-15-33-19/h4-10,13H,3,11-12,14-15H2,1-2H3,(H,26,31). The first-order valence-corrected chi connectivity index (χ1v) is 12.4. The maximum absolute atomic E-state index is 13.5. The van der Waals surface area contributed by atoms with E-state index in [1.807, 2.05) is 44.2 Å². The number of amides is 1. The van der Waals surface area contributed by atoms with Crippen molar-refractivity contribution in [1.82, 2.24) is 19.3 Å². The van der Waals surface area contributed by atoms with Crippen LogP contribution in [0.2, 0.25) is 0 Å². The van der Waals surface area contributed by atoms with E-state index in [0.29, 0.717) is 58.6 Å². The number of hydrogen-bond donors (Lipinski definition) is 1. The number of rotatable bonds is 8. The molecule has 5 rings (SSSR count). The molecule has 1 amide bonds. The summed E-state index contributed by atoms with van der Waals surface area (Å²) < 4.78 is 14.0. The molecular formula is C25H25N5O4S. The summed E-state index contributed by atoms with van der Waals surface area (Å²) in [6.07, 6.45) is 0.671. The highest BCUT2D eigenvalue weighted by molar-refractivity contribution is 7.99. The fourth-order valence-corrected chi connectivity index (χ4v) is 4.83. The van der Waals surface area contributed by atoms with Crippen molar-refractivity contribution < 1.29 is 14.3 Å². The second kappa shape index (κ2) is 9.83. The number of anilines is 1. The highest BCUT2D eigenvalue weighted by Crippen LogP contribution is 2.34. The van der Waals surface area contributed by atoms with Gasteiger partial charge in [-0.3, -0.25) is 18.8 Å². The molecule has 2 aromatic carbocycles. The molecule has 0 atom stereocenters. The van der Waals surface area contributed by atoms with Crippen LogP contribution in [-0.2, 0) is 24.3 Å². The first-order chi connectivity index (χ1) is 17.0. The Bertz CT molecular complexity index is 1450. The van der Waals surface area contributed by atoms with Crippen LogP contribution in [-0.4, -0.2) is 37.8 Å². The Morgan fingerprint density at radius 2 is 1.94 bits per heavy atom. The average molecular weight is 492 g/mol. The average Bonchev–Trinajstić information content (AvgIpc) is 3.46. The Morgan fingerprint density at radius 3 is 2.74 bits per heavy atom. The van der Waals surface area contributed by atoms with Crippen LogP contribution in [0.25, 0.3) is 11.0 Å². The van der Waals surface area contributed by atoms with E-state index in [9.17, 15) is 9.59 Å². The molecule has 0 spiro atoms. The third-order valence-corrected chi connectivity index (χ3v) is 6.71. The van der Waals surface area contributed by atoms with Crippen molar-refractivity contribution in [3.05, 3.63) is 70.1 Å². The van der Waals surface area contributed by atoms with Crippen molar-refractivity contribution >= 4 is 34.4 Å². The van der Waals surface area contributed by atoms with Gasteiger partial charge >= 0.3 is 0 Å².